The summed E-state index contributed by atoms with van der Waals surface area (Å²) in [5.41, 5.74) is 0. The lowest BCUT2D eigenvalue weighted by Gasteiger charge is -2.29. The largest absolute Gasteiger partial charge is 0.466 e. The van der Waals surface area contributed by atoms with Gasteiger partial charge in [0.25, 0.3) is 0 Å². The van der Waals surface area contributed by atoms with E-state index in [0.717, 1.165) is 0 Å². The van der Waals surface area contributed by atoms with E-state index in [1.54, 1.807) is 0 Å². The number of halogens is 3. The molecule has 0 aromatic heterocycles. The highest BCUT2D eigenvalue weighted by molar-refractivity contribution is 5.76. The fraction of sp³-hybridized carbons (Fsp3) is 0.818. The summed E-state index contributed by atoms with van der Waals surface area (Å²) in [4.78, 5) is 22.5. The number of cyclic esters (lactones) is 1. The summed E-state index contributed by atoms with van der Waals surface area (Å²) in [5, 5.41) is 0. The molecule has 1 saturated heterocycles. The summed E-state index contributed by atoms with van der Waals surface area (Å²) in [6.07, 6.45) is -4.99. The van der Waals surface area contributed by atoms with Gasteiger partial charge in [-0.1, -0.05) is 0 Å². The SMILES string of the molecule is CCOC(=O)C[C@H]([C@H]1CCCOC1=O)C(F)(F)F. The van der Waals surface area contributed by atoms with Crippen molar-refractivity contribution in [2.75, 3.05) is 13.2 Å². The average Bonchev–Trinajstić information content (AvgIpc) is 2.26. The van der Waals surface area contributed by atoms with E-state index in [9.17, 15) is 22.8 Å². The van der Waals surface area contributed by atoms with Crippen molar-refractivity contribution in [3.05, 3.63) is 0 Å². The minimum absolute atomic E-state index is 0.0124. The zero-order valence-electron chi connectivity index (χ0n) is 9.96. The minimum atomic E-state index is -4.62. The Labute approximate surface area is 102 Å². The van der Waals surface area contributed by atoms with Crippen LogP contribution in [0.5, 0.6) is 0 Å². The van der Waals surface area contributed by atoms with Crippen molar-refractivity contribution in [1.29, 1.82) is 0 Å². The van der Waals surface area contributed by atoms with Crippen molar-refractivity contribution in [3.8, 4) is 0 Å². The number of rotatable bonds is 4. The topological polar surface area (TPSA) is 52.6 Å². The third-order valence-electron chi connectivity index (χ3n) is 2.80. The van der Waals surface area contributed by atoms with Crippen LogP contribution in [0.4, 0.5) is 13.2 Å². The second kappa shape index (κ2) is 6.06. The van der Waals surface area contributed by atoms with Gasteiger partial charge in [-0.25, -0.2) is 0 Å². The maximum atomic E-state index is 12.9. The molecule has 104 valence electrons. The molecule has 0 radical (unpaired) electrons. The van der Waals surface area contributed by atoms with Crippen LogP contribution < -0.4 is 0 Å². The molecule has 1 heterocycles. The van der Waals surface area contributed by atoms with E-state index >= 15 is 0 Å². The van der Waals surface area contributed by atoms with E-state index in [1.807, 2.05) is 0 Å². The number of hydrogen-bond donors (Lipinski definition) is 0. The summed E-state index contributed by atoms with van der Waals surface area (Å²) < 4.78 is 47.7. The maximum absolute atomic E-state index is 12.9. The first-order valence-electron chi connectivity index (χ1n) is 5.75. The summed E-state index contributed by atoms with van der Waals surface area (Å²) in [6.45, 7) is 1.66. The molecule has 0 amide bonds. The second-order valence-electron chi connectivity index (χ2n) is 4.07. The van der Waals surface area contributed by atoms with Crippen LogP contribution in [0.3, 0.4) is 0 Å². The highest BCUT2D eigenvalue weighted by atomic mass is 19.4. The Balaban J connectivity index is 2.77. The first kappa shape index (κ1) is 14.8. The van der Waals surface area contributed by atoms with Crippen molar-refractivity contribution in [2.24, 2.45) is 11.8 Å². The van der Waals surface area contributed by atoms with Crippen molar-refractivity contribution in [2.45, 2.75) is 32.4 Å². The zero-order chi connectivity index (χ0) is 13.8. The first-order chi connectivity index (χ1) is 8.36. The van der Waals surface area contributed by atoms with Crippen molar-refractivity contribution < 1.29 is 32.2 Å². The molecule has 0 aromatic rings. The Hall–Kier alpha value is -1.27. The molecule has 1 aliphatic rings. The summed E-state index contributed by atoms with van der Waals surface area (Å²) >= 11 is 0. The van der Waals surface area contributed by atoms with Crippen LogP contribution >= 0.6 is 0 Å². The van der Waals surface area contributed by atoms with Gasteiger partial charge in [-0.15, -0.1) is 0 Å². The lowest BCUT2D eigenvalue weighted by atomic mass is 9.84. The van der Waals surface area contributed by atoms with Gasteiger partial charge in [0.15, 0.2) is 0 Å². The number of alkyl halides is 3. The predicted octanol–water partition coefficient (Wildman–Crippen LogP) is 2.07. The van der Waals surface area contributed by atoms with Gasteiger partial charge >= 0.3 is 18.1 Å². The van der Waals surface area contributed by atoms with Gasteiger partial charge in [-0.2, -0.15) is 13.2 Å². The van der Waals surface area contributed by atoms with Gasteiger partial charge in [-0.3, -0.25) is 9.59 Å². The van der Waals surface area contributed by atoms with Crippen molar-refractivity contribution in [3.63, 3.8) is 0 Å². The maximum Gasteiger partial charge on any atom is 0.393 e. The number of carbonyl (C=O) groups is 2. The average molecular weight is 268 g/mol. The molecule has 4 nitrogen and oxygen atoms in total. The van der Waals surface area contributed by atoms with Crippen LogP contribution in [0, 0.1) is 11.8 Å². The lowest BCUT2D eigenvalue weighted by Crippen LogP contribution is -2.39. The van der Waals surface area contributed by atoms with Gasteiger partial charge in [0.1, 0.15) is 0 Å². The molecule has 0 aromatic carbocycles. The highest BCUT2D eigenvalue weighted by Gasteiger charge is 2.49. The van der Waals surface area contributed by atoms with Gasteiger partial charge in [0, 0.05) is 0 Å². The minimum Gasteiger partial charge on any atom is -0.466 e. The van der Waals surface area contributed by atoms with E-state index in [1.165, 1.54) is 6.92 Å². The quantitative estimate of drug-likeness (QED) is 0.732. The molecule has 0 bridgehead atoms. The molecule has 0 aliphatic carbocycles. The molecule has 1 aliphatic heterocycles. The normalized spacial score (nSPS) is 22.2. The predicted molar refractivity (Wildman–Crippen MR) is 54.5 cm³/mol. The number of hydrogen-bond acceptors (Lipinski definition) is 4. The van der Waals surface area contributed by atoms with Crippen molar-refractivity contribution in [1.82, 2.24) is 0 Å². The van der Waals surface area contributed by atoms with Crippen LogP contribution in [0.25, 0.3) is 0 Å². The lowest BCUT2D eigenvalue weighted by molar-refractivity contribution is -0.207. The monoisotopic (exact) mass is 268 g/mol. The van der Waals surface area contributed by atoms with E-state index in [0.29, 0.717) is 6.42 Å². The van der Waals surface area contributed by atoms with E-state index < -0.39 is 36.4 Å². The van der Waals surface area contributed by atoms with Gasteiger partial charge in [0.05, 0.1) is 31.5 Å². The molecule has 0 N–H and O–H groups in total. The molecule has 0 unspecified atom stereocenters. The summed E-state index contributed by atoms with van der Waals surface area (Å²) in [7, 11) is 0. The summed E-state index contributed by atoms with van der Waals surface area (Å²) in [5.74, 6) is -5.15. The van der Waals surface area contributed by atoms with Gasteiger partial charge < -0.3 is 9.47 Å². The summed E-state index contributed by atoms with van der Waals surface area (Å²) in [6, 6.07) is 0. The van der Waals surface area contributed by atoms with Crippen LogP contribution in [-0.2, 0) is 19.1 Å². The Morgan fingerprint density at radius 3 is 2.72 bits per heavy atom. The van der Waals surface area contributed by atoms with Crippen LogP contribution in [0.15, 0.2) is 0 Å². The second-order valence-corrected chi connectivity index (χ2v) is 4.07. The molecule has 18 heavy (non-hydrogen) atoms. The van der Waals surface area contributed by atoms with E-state index in [4.69, 9.17) is 0 Å². The Bertz CT molecular complexity index is 314. The zero-order valence-corrected chi connectivity index (χ0v) is 9.96. The number of carbonyl (C=O) groups excluding carboxylic acids is 2. The molecule has 2 atom stereocenters. The number of esters is 2. The Morgan fingerprint density at radius 2 is 2.22 bits per heavy atom. The van der Waals surface area contributed by atoms with Gasteiger partial charge in [-0.05, 0) is 19.8 Å². The molecule has 0 saturated carbocycles. The van der Waals surface area contributed by atoms with Crippen LogP contribution in [-0.4, -0.2) is 31.3 Å². The van der Waals surface area contributed by atoms with Crippen LogP contribution in [0.1, 0.15) is 26.2 Å². The van der Waals surface area contributed by atoms with E-state index in [2.05, 4.69) is 9.47 Å². The first-order valence-corrected chi connectivity index (χ1v) is 5.75. The Morgan fingerprint density at radius 1 is 1.56 bits per heavy atom. The van der Waals surface area contributed by atoms with Gasteiger partial charge in [0.2, 0.25) is 0 Å². The molecule has 1 rings (SSSR count). The standard InChI is InChI=1S/C11H15F3O4/c1-2-17-9(15)6-8(11(12,13)14)7-4-3-5-18-10(7)16/h7-8H,2-6H2,1H3/t7-,8-/m1/s1. The third-order valence-corrected chi connectivity index (χ3v) is 2.80. The highest BCUT2D eigenvalue weighted by Crippen LogP contribution is 2.38. The smallest absolute Gasteiger partial charge is 0.393 e. The van der Waals surface area contributed by atoms with Crippen LogP contribution in [0.2, 0.25) is 0 Å². The Kier molecular flexibility index (Phi) is 4.98. The van der Waals surface area contributed by atoms with E-state index in [-0.39, 0.29) is 19.6 Å². The fourth-order valence-corrected chi connectivity index (χ4v) is 1.95. The fourth-order valence-electron chi connectivity index (χ4n) is 1.95. The van der Waals surface area contributed by atoms with Crippen molar-refractivity contribution >= 4 is 11.9 Å². The molecule has 7 heteroatoms. The number of ether oxygens (including phenoxy) is 2. The molecule has 1 fully saturated rings. The molecule has 0 spiro atoms. The third kappa shape index (κ3) is 3.89. The molecular weight excluding hydrogens is 253 g/mol. The molecular formula is C11H15F3O4.